The molecule has 1 heterocycles. The van der Waals surface area contributed by atoms with Crippen LogP contribution in [-0.4, -0.2) is 22.0 Å². The van der Waals surface area contributed by atoms with Crippen molar-refractivity contribution in [2.75, 3.05) is 0 Å². The van der Waals surface area contributed by atoms with Gasteiger partial charge in [-0.25, -0.2) is 0 Å². The molecule has 1 amide bonds. The minimum Gasteiger partial charge on any atom is -0.505 e. The summed E-state index contributed by atoms with van der Waals surface area (Å²) in [6, 6.07) is 1.62. The molecule has 0 aromatic carbocycles. The average Bonchev–Trinajstić information content (AvgIpc) is 2.29. The molecule has 94 valence electrons. The number of carbonyl (C=O) groups is 1. The number of amides is 1. The second-order valence-corrected chi connectivity index (χ2v) is 4.52. The molecule has 1 aromatic rings. The lowest BCUT2D eigenvalue weighted by molar-refractivity contribution is 0.0932. The lowest BCUT2D eigenvalue weighted by Gasteiger charge is -2.17. The van der Waals surface area contributed by atoms with E-state index in [1.165, 1.54) is 18.5 Å². The predicted octanol–water partition coefficient (Wildman–Crippen LogP) is 2.34. The highest BCUT2D eigenvalue weighted by Gasteiger charge is 2.14. The van der Waals surface area contributed by atoms with Gasteiger partial charge in [0.15, 0.2) is 0 Å². The topological polar surface area (TPSA) is 62.2 Å². The zero-order valence-electron chi connectivity index (χ0n) is 10.6. The summed E-state index contributed by atoms with van der Waals surface area (Å²) in [5, 5.41) is 12.4. The maximum absolute atomic E-state index is 11.8. The summed E-state index contributed by atoms with van der Waals surface area (Å²) < 4.78 is 0. The van der Waals surface area contributed by atoms with Crippen LogP contribution >= 0.6 is 0 Å². The van der Waals surface area contributed by atoms with Crippen molar-refractivity contribution in [2.24, 2.45) is 5.92 Å². The highest BCUT2D eigenvalue weighted by atomic mass is 16.3. The summed E-state index contributed by atoms with van der Waals surface area (Å²) in [7, 11) is 0. The fraction of sp³-hybridized carbons (Fsp3) is 0.538. The van der Waals surface area contributed by atoms with Gasteiger partial charge in [0, 0.05) is 12.2 Å². The van der Waals surface area contributed by atoms with Gasteiger partial charge in [-0.05, 0) is 25.3 Å². The van der Waals surface area contributed by atoms with Gasteiger partial charge in [-0.15, -0.1) is 0 Å². The van der Waals surface area contributed by atoms with E-state index >= 15 is 0 Å². The summed E-state index contributed by atoms with van der Waals surface area (Å²) in [5.74, 6) is 0.248. The van der Waals surface area contributed by atoms with Gasteiger partial charge in [0.05, 0.1) is 11.8 Å². The van der Waals surface area contributed by atoms with E-state index in [1.807, 2.05) is 6.92 Å². The number of hydrogen-bond acceptors (Lipinski definition) is 3. The van der Waals surface area contributed by atoms with Crippen LogP contribution in [0.25, 0.3) is 0 Å². The molecule has 0 aliphatic carbocycles. The van der Waals surface area contributed by atoms with Crippen molar-refractivity contribution in [3.63, 3.8) is 0 Å². The highest BCUT2D eigenvalue weighted by Crippen LogP contribution is 2.15. The van der Waals surface area contributed by atoms with Crippen LogP contribution in [0.2, 0.25) is 0 Å². The van der Waals surface area contributed by atoms with E-state index < -0.39 is 0 Å². The molecule has 0 fully saturated rings. The second kappa shape index (κ2) is 6.23. The Hall–Kier alpha value is -1.58. The molecule has 1 aromatic heterocycles. The van der Waals surface area contributed by atoms with Gasteiger partial charge in [0.25, 0.3) is 5.91 Å². The van der Waals surface area contributed by atoms with Crippen LogP contribution in [0, 0.1) is 5.92 Å². The molecule has 0 bridgehead atoms. The van der Waals surface area contributed by atoms with Crippen molar-refractivity contribution in [1.29, 1.82) is 0 Å². The summed E-state index contributed by atoms with van der Waals surface area (Å²) in [4.78, 5) is 15.6. The molecule has 17 heavy (non-hydrogen) atoms. The van der Waals surface area contributed by atoms with Crippen molar-refractivity contribution < 1.29 is 9.90 Å². The molecule has 0 aliphatic heterocycles. The van der Waals surface area contributed by atoms with Gasteiger partial charge in [0.2, 0.25) is 0 Å². The number of hydrogen-bond donors (Lipinski definition) is 2. The van der Waals surface area contributed by atoms with Crippen molar-refractivity contribution in [3.8, 4) is 5.75 Å². The number of aromatic hydroxyl groups is 1. The first-order valence-electron chi connectivity index (χ1n) is 5.98. The average molecular weight is 236 g/mol. The zero-order chi connectivity index (χ0) is 12.8. The Kier molecular flexibility index (Phi) is 4.94. The minimum atomic E-state index is -0.249. The quantitative estimate of drug-likeness (QED) is 0.824. The van der Waals surface area contributed by atoms with Gasteiger partial charge in [-0.2, -0.15) is 0 Å². The first kappa shape index (κ1) is 13.5. The van der Waals surface area contributed by atoms with E-state index in [9.17, 15) is 9.90 Å². The maximum atomic E-state index is 11.8. The first-order valence-corrected chi connectivity index (χ1v) is 5.98. The van der Waals surface area contributed by atoms with Crippen LogP contribution in [0.3, 0.4) is 0 Å². The van der Waals surface area contributed by atoms with Crippen LogP contribution in [0.1, 0.15) is 44.0 Å². The number of aromatic nitrogens is 1. The summed E-state index contributed by atoms with van der Waals surface area (Å²) in [6.07, 6.45) is 4.80. The number of nitrogens with one attached hydrogen (secondary N) is 1. The van der Waals surface area contributed by atoms with Crippen molar-refractivity contribution in [2.45, 2.75) is 39.7 Å². The van der Waals surface area contributed by atoms with Crippen LogP contribution in [0.15, 0.2) is 18.5 Å². The Labute approximate surface area is 102 Å². The molecule has 0 saturated carbocycles. The number of rotatable bonds is 5. The SMILES string of the molecule is CCC(C)CC(C)NC(=O)c1ccncc1O. The molecule has 4 nitrogen and oxygen atoms in total. The van der Waals surface area contributed by atoms with E-state index in [-0.39, 0.29) is 23.3 Å². The van der Waals surface area contributed by atoms with Crippen molar-refractivity contribution >= 4 is 5.91 Å². The van der Waals surface area contributed by atoms with E-state index in [4.69, 9.17) is 0 Å². The Balaban J connectivity index is 2.58. The van der Waals surface area contributed by atoms with Crippen molar-refractivity contribution in [3.05, 3.63) is 24.0 Å². The number of pyridine rings is 1. The third-order valence-corrected chi connectivity index (χ3v) is 2.88. The zero-order valence-corrected chi connectivity index (χ0v) is 10.6. The molecule has 0 spiro atoms. The highest BCUT2D eigenvalue weighted by molar-refractivity contribution is 5.96. The largest absolute Gasteiger partial charge is 0.505 e. The third kappa shape index (κ3) is 4.06. The maximum Gasteiger partial charge on any atom is 0.255 e. The molecular weight excluding hydrogens is 216 g/mol. The summed E-state index contributed by atoms with van der Waals surface area (Å²) in [5.41, 5.74) is 0.274. The minimum absolute atomic E-state index is 0.0826. The van der Waals surface area contributed by atoms with Gasteiger partial charge in [-0.3, -0.25) is 9.78 Å². The lowest BCUT2D eigenvalue weighted by atomic mass is 10.0. The van der Waals surface area contributed by atoms with E-state index in [1.54, 1.807) is 0 Å². The van der Waals surface area contributed by atoms with Gasteiger partial charge >= 0.3 is 0 Å². The molecule has 0 aliphatic rings. The Morgan fingerprint density at radius 2 is 2.24 bits per heavy atom. The first-order chi connectivity index (χ1) is 8.04. The fourth-order valence-electron chi connectivity index (χ4n) is 1.71. The smallest absolute Gasteiger partial charge is 0.255 e. The van der Waals surface area contributed by atoms with Crippen LogP contribution in [0.4, 0.5) is 0 Å². The molecule has 2 N–H and O–H groups in total. The molecule has 1 rings (SSSR count). The molecule has 2 unspecified atom stereocenters. The summed E-state index contributed by atoms with van der Waals surface area (Å²) in [6.45, 7) is 6.27. The molecule has 0 radical (unpaired) electrons. The van der Waals surface area contributed by atoms with E-state index in [2.05, 4.69) is 24.1 Å². The van der Waals surface area contributed by atoms with Crippen LogP contribution in [0.5, 0.6) is 5.75 Å². The third-order valence-electron chi connectivity index (χ3n) is 2.88. The Bertz CT molecular complexity index is 379. The number of nitrogens with zero attached hydrogens (tertiary/aromatic N) is 1. The van der Waals surface area contributed by atoms with Crippen LogP contribution in [-0.2, 0) is 0 Å². The monoisotopic (exact) mass is 236 g/mol. The van der Waals surface area contributed by atoms with Gasteiger partial charge < -0.3 is 10.4 Å². The standard InChI is InChI=1S/C13H20N2O2/c1-4-9(2)7-10(3)15-13(17)11-5-6-14-8-12(11)16/h5-6,8-10,16H,4,7H2,1-3H3,(H,15,17). The van der Waals surface area contributed by atoms with Crippen LogP contribution < -0.4 is 5.32 Å². The molecule has 4 heteroatoms. The van der Waals surface area contributed by atoms with Gasteiger partial charge in [-0.1, -0.05) is 20.3 Å². The second-order valence-electron chi connectivity index (χ2n) is 4.52. The molecular formula is C13H20N2O2. The lowest BCUT2D eigenvalue weighted by Crippen LogP contribution is -2.33. The van der Waals surface area contributed by atoms with E-state index in [0.717, 1.165) is 12.8 Å². The molecule has 2 atom stereocenters. The predicted molar refractivity (Wildman–Crippen MR) is 66.9 cm³/mol. The normalized spacial score (nSPS) is 14.1. The van der Waals surface area contributed by atoms with E-state index in [0.29, 0.717) is 5.92 Å². The van der Waals surface area contributed by atoms with Crippen molar-refractivity contribution in [1.82, 2.24) is 10.3 Å². The summed E-state index contributed by atoms with van der Waals surface area (Å²) >= 11 is 0. The fourth-order valence-corrected chi connectivity index (χ4v) is 1.71. The Morgan fingerprint density at radius 3 is 2.82 bits per heavy atom. The number of carbonyl (C=O) groups excluding carboxylic acids is 1. The molecule has 0 saturated heterocycles. The Morgan fingerprint density at radius 1 is 1.53 bits per heavy atom. The van der Waals surface area contributed by atoms with Gasteiger partial charge in [0.1, 0.15) is 5.75 Å².